The average Bonchev–Trinajstić information content (AvgIpc) is 2.81. The second-order valence-electron chi connectivity index (χ2n) is 5.62. The van der Waals surface area contributed by atoms with E-state index in [1.54, 1.807) is 6.07 Å². The van der Waals surface area contributed by atoms with Crippen LogP contribution in [0.1, 0.15) is 38.4 Å². The van der Waals surface area contributed by atoms with Gasteiger partial charge in [0.25, 0.3) is 5.82 Å². The number of aromatic nitrogens is 4. The lowest BCUT2D eigenvalue weighted by Gasteiger charge is -2.27. The summed E-state index contributed by atoms with van der Waals surface area (Å²) in [6, 6.07) is 3.39. The van der Waals surface area contributed by atoms with Gasteiger partial charge in [0.2, 0.25) is 0 Å². The van der Waals surface area contributed by atoms with Crippen LogP contribution in [0.5, 0.6) is 0 Å². The van der Waals surface area contributed by atoms with E-state index < -0.39 is 12.0 Å². The molecule has 8 heteroatoms. The molecular weight excluding hydrogens is 283 g/mol. The van der Waals surface area contributed by atoms with Crippen LogP contribution in [0.25, 0.3) is 5.65 Å². The van der Waals surface area contributed by atoms with Crippen molar-refractivity contribution in [1.29, 1.82) is 0 Å². The molecule has 1 fully saturated rings. The van der Waals surface area contributed by atoms with Crippen molar-refractivity contribution in [3.63, 3.8) is 0 Å². The van der Waals surface area contributed by atoms with E-state index in [1.807, 2.05) is 0 Å². The number of nitrogens with zero attached hydrogens (tertiary/aromatic N) is 4. The first kappa shape index (κ1) is 14.1. The molecule has 1 N–H and O–H groups in total. The number of fused-ring (bicyclic) bond motifs is 1. The summed E-state index contributed by atoms with van der Waals surface area (Å²) in [4.78, 5) is 0. The van der Waals surface area contributed by atoms with Gasteiger partial charge in [0.15, 0.2) is 5.65 Å². The highest BCUT2D eigenvalue weighted by Gasteiger charge is 2.37. The molecule has 0 spiro atoms. The number of hydrogen-bond acceptors (Lipinski definition) is 4. The minimum absolute atomic E-state index is 0.0879. The fraction of sp³-hybridized carbons (Fsp3) is 0.615. The summed E-state index contributed by atoms with van der Waals surface area (Å²) in [6.45, 7) is 2.19. The predicted molar refractivity (Wildman–Crippen MR) is 70.8 cm³/mol. The molecule has 0 saturated heterocycles. The van der Waals surface area contributed by atoms with Gasteiger partial charge in [0.1, 0.15) is 5.82 Å². The van der Waals surface area contributed by atoms with E-state index in [0.29, 0.717) is 11.7 Å². The van der Waals surface area contributed by atoms with E-state index in [4.69, 9.17) is 0 Å². The molecule has 0 amide bonds. The van der Waals surface area contributed by atoms with Gasteiger partial charge in [0.05, 0.1) is 0 Å². The molecule has 2 aromatic rings. The fourth-order valence-corrected chi connectivity index (χ4v) is 2.82. The number of alkyl halides is 3. The van der Waals surface area contributed by atoms with Crippen LogP contribution < -0.4 is 5.32 Å². The van der Waals surface area contributed by atoms with Gasteiger partial charge in [-0.3, -0.25) is 0 Å². The van der Waals surface area contributed by atoms with Crippen molar-refractivity contribution in [1.82, 2.24) is 19.8 Å². The van der Waals surface area contributed by atoms with E-state index in [-0.39, 0.29) is 11.7 Å². The summed E-state index contributed by atoms with van der Waals surface area (Å²) < 4.78 is 39.2. The zero-order valence-electron chi connectivity index (χ0n) is 11.6. The lowest BCUT2D eigenvalue weighted by molar-refractivity contribution is -0.146. The molecule has 2 atom stereocenters. The highest BCUT2D eigenvalue weighted by atomic mass is 19.4. The number of nitrogens with one attached hydrogen (secondary N) is 1. The van der Waals surface area contributed by atoms with Gasteiger partial charge in [-0.25, -0.2) is 0 Å². The van der Waals surface area contributed by atoms with Gasteiger partial charge in [-0.05, 0) is 30.9 Å². The van der Waals surface area contributed by atoms with Crippen molar-refractivity contribution in [2.75, 3.05) is 5.32 Å². The molecular formula is C13H16F3N5. The van der Waals surface area contributed by atoms with Crippen molar-refractivity contribution in [3.8, 4) is 0 Å². The van der Waals surface area contributed by atoms with Crippen molar-refractivity contribution in [2.45, 2.75) is 44.8 Å². The topological polar surface area (TPSA) is 55.1 Å². The van der Waals surface area contributed by atoms with Gasteiger partial charge in [0, 0.05) is 6.04 Å². The molecule has 2 heterocycles. The Morgan fingerprint density at radius 1 is 1.24 bits per heavy atom. The van der Waals surface area contributed by atoms with E-state index in [0.717, 1.165) is 23.8 Å². The van der Waals surface area contributed by atoms with E-state index in [1.165, 1.54) is 12.5 Å². The summed E-state index contributed by atoms with van der Waals surface area (Å²) in [5, 5.41) is 13.9. The summed E-state index contributed by atoms with van der Waals surface area (Å²) >= 11 is 0. The molecule has 1 saturated carbocycles. The van der Waals surface area contributed by atoms with Gasteiger partial charge in [-0.15, -0.1) is 15.3 Å². The summed E-state index contributed by atoms with van der Waals surface area (Å²) in [5.74, 6) is -0.0503. The van der Waals surface area contributed by atoms with Gasteiger partial charge in [-0.1, -0.05) is 19.8 Å². The standard InChI is InChI=1S/C13H16F3N5/c1-8-3-2-4-9(7-8)17-10-5-6-11-18-19-12(13(14,15)16)21(11)20-10/h5-6,8-9H,2-4,7H2,1H3,(H,17,20)/t8-,9+/m1/s1. The third-order valence-electron chi connectivity index (χ3n) is 3.80. The maximum Gasteiger partial charge on any atom is 0.453 e. The molecule has 1 aliphatic rings. The molecule has 0 aliphatic heterocycles. The monoisotopic (exact) mass is 299 g/mol. The van der Waals surface area contributed by atoms with Crippen LogP contribution in [0.2, 0.25) is 0 Å². The molecule has 0 aromatic carbocycles. The molecule has 0 unspecified atom stereocenters. The fourth-order valence-electron chi connectivity index (χ4n) is 2.82. The van der Waals surface area contributed by atoms with Crippen LogP contribution in [0.15, 0.2) is 12.1 Å². The van der Waals surface area contributed by atoms with E-state index in [2.05, 4.69) is 27.5 Å². The van der Waals surface area contributed by atoms with Gasteiger partial charge in [-0.2, -0.15) is 17.7 Å². The zero-order valence-corrected chi connectivity index (χ0v) is 11.6. The van der Waals surface area contributed by atoms with E-state index in [9.17, 15) is 13.2 Å². The van der Waals surface area contributed by atoms with E-state index >= 15 is 0 Å². The van der Waals surface area contributed by atoms with Crippen molar-refractivity contribution in [2.24, 2.45) is 5.92 Å². The van der Waals surface area contributed by atoms with Crippen molar-refractivity contribution >= 4 is 11.5 Å². The van der Waals surface area contributed by atoms with Crippen LogP contribution in [0, 0.1) is 5.92 Å². The third kappa shape index (κ3) is 2.93. The molecule has 3 rings (SSSR count). The SMILES string of the molecule is C[C@@H]1CCC[C@H](Nc2ccc3nnc(C(F)(F)F)n3n2)C1. The summed E-state index contributed by atoms with van der Waals surface area (Å²) in [7, 11) is 0. The Kier molecular flexibility index (Phi) is 3.46. The van der Waals surface area contributed by atoms with Crippen LogP contribution in [0.4, 0.5) is 19.0 Å². The summed E-state index contributed by atoms with van der Waals surface area (Å²) in [6.07, 6.45) is -0.216. The van der Waals surface area contributed by atoms with Crippen LogP contribution in [0.3, 0.4) is 0 Å². The van der Waals surface area contributed by atoms with Crippen molar-refractivity contribution < 1.29 is 13.2 Å². The number of hydrogen-bond donors (Lipinski definition) is 1. The Morgan fingerprint density at radius 3 is 2.76 bits per heavy atom. The Labute approximate surface area is 119 Å². The average molecular weight is 299 g/mol. The second-order valence-corrected chi connectivity index (χ2v) is 5.62. The summed E-state index contributed by atoms with van der Waals surface area (Å²) in [5.41, 5.74) is 0.0879. The lowest BCUT2D eigenvalue weighted by atomic mass is 9.87. The van der Waals surface area contributed by atoms with Crippen LogP contribution in [-0.2, 0) is 6.18 Å². The largest absolute Gasteiger partial charge is 0.453 e. The molecule has 5 nitrogen and oxygen atoms in total. The quantitative estimate of drug-likeness (QED) is 0.925. The van der Waals surface area contributed by atoms with Gasteiger partial charge < -0.3 is 5.32 Å². The van der Waals surface area contributed by atoms with Crippen LogP contribution in [-0.4, -0.2) is 25.9 Å². The zero-order chi connectivity index (χ0) is 15.0. The van der Waals surface area contributed by atoms with Crippen LogP contribution >= 0.6 is 0 Å². The highest BCUT2D eigenvalue weighted by Crippen LogP contribution is 2.28. The molecule has 0 radical (unpaired) electrons. The number of anilines is 1. The molecule has 21 heavy (non-hydrogen) atoms. The minimum atomic E-state index is -4.57. The second kappa shape index (κ2) is 5.16. The highest BCUT2D eigenvalue weighted by molar-refractivity contribution is 5.44. The Bertz CT molecular complexity index is 636. The first-order valence-corrected chi connectivity index (χ1v) is 6.99. The molecule has 0 bridgehead atoms. The maximum absolute atomic E-state index is 12.8. The molecule has 2 aromatic heterocycles. The minimum Gasteiger partial charge on any atom is -0.366 e. The molecule has 1 aliphatic carbocycles. The Morgan fingerprint density at radius 2 is 2.05 bits per heavy atom. The normalized spacial score (nSPS) is 23.4. The maximum atomic E-state index is 12.8. The molecule has 114 valence electrons. The Balaban J connectivity index is 1.86. The smallest absolute Gasteiger partial charge is 0.366 e. The Hall–Kier alpha value is -1.86. The first-order chi connectivity index (χ1) is 9.93. The van der Waals surface area contributed by atoms with Gasteiger partial charge >= 0.3 is 6.18 Å². The third-order valence-corrected chi connectivity index (χ3v) is 3.80. The predicted octanol–water partition coefficient (Wildman–Crippen LogP) is 3.13. The van der Waals surface area contributed by atoms with Crippen molar-refractivity contribution in [3.05, 3.63) is 18.0 Å². The lowest BCUT2D eigenvalue weighted by Crippen LogP contribution is -2.27. The number of halogens is 3. The first-order valence-electron chi connectivity index (χ1n) is 6.99. The number of rotatable bonds is 2.